The van der Waals surface area contributed by atoms with Crippen molar-refractivity contribution < 1.29 is 13.9 Å². The zero-order chi connectivity index (χ0) is 22.1. The number of nitrogen functional groups attached to an aromatic ring is 1. The van der Waals surface area contributed by atoms with Gasteiger partial charge in [-0.25, -0.2) is 14.5 Å². The van der Waals surface area contributed by atoms with E-state index in [1.165, 1.54) is 22.2 Å². The molecule has 10 nitrogen and oxygen atoms in total. The van der Waals surface area contributed by atoms with Gasteiger partial charge >= 0.3 is 5.63 Å². The van der Waals surface area contributed by atoms with E-state index in [-0.39, 0.29) is 18.2 Å². The van der Waals surface area contributed by atoms with Crippen molar-refractivity contribution in [3.63, 3.8) is 0 Å². The fourth-order valence-corrected chi connectivity index (χ4v) is 3.89. The Morgan fingerprint density at radius 2 is 2.12 bits per heavy atom. The third kappa shape index (κ3) is 3.61. The molecule has 0 aliphatic carbocycles. The van der Waals surface area contributed by atoms with Crippen molar-refractivity contribution >= 4 is 34.3 Å². The number of thiazole rings is 1. The molecule has 2 N–H and O–H groups in total. The van der Waals surface area contributed by atoms with E-state index in [2.05, 4.69) is 20.3 Å². The summed E-state index contributed by atoms with van der Waals surface area (Å²) in [6.45, 7) is -0.0245. The molecule has 1 aromatic carbocycles. The van der Waals surface area contributed by atoms with Crippen LogP contribution in [-0.4, -0.2) is 31.2 Å². The van der Waals surface area contributed by atoms with Crippen LogP contribution in [0.1, 0.15) is 15.4 Å². The molecule has 5 rings (SSSR count). The highest BCUT2D eigenvalue weighted by Crippen LogP contribution is 2.31. The van der Waals surface area contributed by atoms with Gasteiger partial charge in [-0.05, 0) is 30.3 Å². The van der Waals surface area contributed by atoms with Crippen LogP contribution in [0.5, 0.6) is 5.88 Å². The number of hydrogen-bond acceptors (Lipinski definition) is 10. The first kappa shape index (κ1) is 19.6. The van der Waals surface area contributed by atoms with Crippen molar-refractivity contribution in [2.75, 3.05) is 5.73 Å². The Morgan fingerprint density at radius 3 is 2.94 bits per heavy atom. The fraction of sp³-hybridized carbons (Fsp3) is 0.0476. The molecule has 0 radical (unpaired) electrons. The molecule has 32 heavy (non-hydrogen) atoms. The quantitative estimate of drug-likeness (QED) is 0.237. The summed E-state index contributed by atoms with van der Waals surface area (Å²) in [5, 5.41) is 9.15. The molecule has 0 amide bonds. The summed E-state index contributed by atoms with van der Waals surface area (Å²) < 4.78 is 12.5. The lowest BCUT2D eigenvalue weighted by Crippen LogP contribution is -2.15. The van der Waals surface area contributed by atoms with Gasteiger partial charge < -0.3 is 14.9 Å². The van der Waals surface area contributed by atoms with Gasteiger partial charge in [0.05, 0.1) is 6.20 Å². The van der Waals surface area contributed by atoms with Gasteiger partial charge in [0.15, 0.2) is 12.0 Å². The van der Waals surface area contributed by atoms with Crippen LogP contribution >= 0.6 is 11.3 Å². The van der Waals surface area contributed by atoms with Crippen LogP contribution in [0, 0.1) is 0 Å². The first-order valence-electron chi connectivity index (χ1n) is 9.35. The number of rotatable bonds is 6. The highest BCUT2D eigenvalue weighted by molar-refractivity contribution is 7.16. The van der Waals surface area contributed by atoms with Crippen molar-refractivity contribution in [3.05, 3.63) is 76.0 Å². The number of benzene rings is 1. The van der Waals surface area contributed by atoms with Crippen LogP contribution in [0.15, 0.2) is 64.2 Å². The lowest BCUT2D eigenvalue weighted by molar-refractivity contribution is 0.112. The molecule has 0 saturated heterocycles. The number of nitrogens with zero attached hydrogens (tertiary/aromatic N) is 5. The number of fused-ring (bicyclic) bond motifs is 1. The maximum Gasteiger partial charge on any atom is 0.362 e. The molecule has 0 atom stereocenters. The molecular weight excluding hydrogens is 432 g/mol. The number of anilines is 1. The summed E-state index contributed by atoms with van der Waals surface area (Å²) in [4.78, 5) is 32.8. The van der Waals surface area contributed by atoms with Gasteiger partial charge in [-0.15, -0.1) is 16.4 Å². The highest BCUT2D eigenvalue weighted by atomic mass is 32.1. The van der Waals surface area contributed by atoms with Crippen molar-refractivity contribution in [1.29, 1.82) is 0 Å². The molecule has 4 aromatic heterocycles. The molecule has 0 unspecified atom stereocenters. The molecule has 5 aromatic rings. The van der Waals surface area contributed by atoms with Gasteiger partial charge in [0.2, 0.25) is 5.88 Å². The molecule has 0 spiro atoms. The van der Waals surface area contributed by atoms with Crippen molar-refractivity contribution in [2.45, 2.75) is 6.61 Å². The first-order chi connectivity index (χ1) is 15.6. The number of nitrogens with two attached hydrogens (primary N) is 1. The van der Waals surface area contributed by atoms with E-state index in [0.717, 1.165) is 5.56 Å². The van der Waals surface area contributed by atoms with Gasteiger partial charge in [0, 0.05) is 35.1 Å². The van der Waals surface area contributed by atoms with E-state index in [0.29, 0.717) is 38.5 Å². The summed E-state index contributed by atoms with van der Waals surface area (Å²) in [6, 6.07) is 10.3. The van der Waals surface area contributed by atoms with Crippen molar-refractivity contribution in [1.82, 2.24) is 25.0 Å². The minimum Gasteiger partial charge on any atom is -0.470 e. The van der Waals surface area contributed by atoms with Crippen LogP contribution < -0.4 is 16.1 Å². The standard InChI is InChI=1S/C21H14N6O4S/c22-14-4-3-12-6-16(21(29)31-17(12)7-14)27-15(9-24-26-27)11-30-19-18(10-28)32-20(25-19)13-2-1-5-23-8-13/h1-10H,11,22H2. The smallest absolute Gasteiger partial charge is 0.362 e. The molecule has 158 valence electrons. The molecule has 0 bridgehead atoms. The third-order valence-electron chi connectivity index (χ3n) is 4.58. The number of aromatic nitrogens is 5. The summed E-state index contributed by atoms with van der Waals surface area (Å²) in [6.07, 6.45) is 5.46. The average molecular weight is 446 g/mol. The summed E-state index contributed by atoms with van der Waals surface area (Å²) in [7, 11) is 0. The first-order valence-corrected chi connectivity index (χ1v) is 10.2. The van der Waals surface area contributed by atoms with E-state index in [9.17, 15) is 9.59 Å². The minimum atomic E-state index is -0.601. The Hall–Kier alpha value is -4.38. The number of pyridine rings is 1. The van der Waals surface area contributed by atoms with E-state index in [1.54, 1.807) is 42.7 Å². The zero-order valence-corrected chi connectivity index (χ0v) is 17.2. The Bertz CT molecular complexity index is 1490. The summed E-state index contributed by atoms with van der Waals surface area (Å²) in [5.74, 6) is 0.178. The molecule has 4 heterocycles. The van der Waals surface area contributed by atoms with E-state index < -0.39 is 5.63 Å². The third-order valence-corrected chi connectivity index (χ3v) is 5.59. The highest BCUT2D eigenvalue weighted by Gasteiger charge is 2.17. The van der Waals surface area contributed by atoms with Crippen LogP contribution in [0.3, 0.4) is 0 Å². The molecule has 0 saturated carbocycles. The van der Waals surface area contributed by atoms with Gasteiger partial charge in [-0.1, -0.05) is 5.21 Å². The predicted molar refractivity (Wildman–Crippen MR) is 117 cm³/mol. The van der Waals surface area contributed by atoms with E-state index >= 15 is 0 Å². The maximum absolute atomic E-state index is 12.5. The van der Waals surface area contributed by atoms with Crippen LogP contribution in [0.2, 0.25) is 0 Å². The second-order valence-corrected chi connectivity index (χ2v) is 7.72. The largest absolute Gasteiger partial charge is 0.470 e. The molecule has 0 fully saturated rings. The molecular formula is C21H14N6O4S. The summed E-state index contributed by atoms with van der Waals surface area (Å²) in [5.41, 5.74) is 7.43. The second-order valence-electron chi connectivity index (χ2n) is 6.69. The van der Waals surface area contributed by atoms with E-state index in [4.69, 9.17) is 14.9 Å². The number of hydrogen-bond donors (Lipinski definition) is 1. The molecule has 11 heteroatoms. The number of carbonyl (C=O) groups excluding carboxylic acids is 1. The maximum atomic E-state index is 12.5. The van der Waals surface area contributed by atoms with Crippen LogP contribution in [0.25, 0.3) is 27.2 Å². The number of carbonyl (C=O) groups is 1. The van der Waals surface area contributed by atoms with Gasteiger partial charge in [0.25, 0.3) is 0 Å². The topological polar surface area (TPSA) is 139 Å². The number of ether oxygens (including phenoxy) is 1. The fourth-order valence-electron chi connectivity index (χ4n) is 3.07. The Balaban J connectivity index is 1.44. The summed E-state index contributed by atoms with van der Waals surface area (Å²) >= 11 is 1.20. The minimum absolute atomic E-state index is 0.0245. The average Bonchev–Trinajstić information content (AvgIpc) is 3.44. The van der Waals surface area contributed by atoms with Gasteiger partial charge in [0.1, 0.15) is 27.8 Å². The van der Waals surface area contributed by atoms with Gasteiger partial charge in [-0.2, -0.15) is 0 Å². The van der Waals surface area contributed by atoms with Crippen molar-refractivity contribution in [3.8, 4) is 22.1 Å². The second kappa shape index (κ2) is 8.04. The lowest BCUT2D eigenvalue weighted by Gasteiger charge is -2.07. The Morgan fingerprint density at radius 1 is 1.22 bits per heavy atom. The Kier molecular flexibility index (Phi) is 4.92. The van der Waals surface area contributed by atoms with E-state index in [1.807, 2.05) is 6.07 Å². The molecule has 0 aliphatic heterocycles. The molecule has 0 aliphatic rings. The van der Waals surface area contributed by atoms with Gasteiger partial charge in [-0.3, -0.25) is 9.78 Å². The van der Waals surface area contributed by atoms with Crippen LogP contribution in [-0.2, 0) is 6.61 Å². The van der Waals surface area contributed by atoms with Crippen molar-refractivity contribution in [2.24, 2.45) is 0 Å². The Labute approximate surface area is 183 Å². The normalized spacial score (nSPS) is 11.0. The monoisotopic (exact) mass is 446 g/mol. The zero-order valence-electron chi connectivity index (χ0n) is 16.3. The predicted octanol–water partition coefficient (Wildman–Crippen LogP) is 2.87. The van der Waals surface area contributed by atoms with Crippen LogP contribution in [0.4, 0.5) is 5.69 Å². The lowest BCUT2D eigenvalue weighted by atomic mass is 10.2. The number of aldehydes is 1. The SMILES string of the molecule is Nc1ccc2cc(-n3nncc3COc3nc(-c4cccnc4)sc3C=O)c(=O)oc2c1.